The third-order valence-electron chi connectivity index (χ3n) is 9.40. The lowest BCUT2D eigenvalue weighted by Crippen LogP contribution is -2.77. The van der Waals surface area contributed by atoms with Gasteiger partial charge in [-0.1, -0.05) is 6.07 Å². The van der Waals surface area contributed by atoms with E-state index in [0.29, 0.717) is 23.7 Å². The van der Waals surface area contributed by atoms with Crippen molar-refractivity contribution in [3.8, 4) is 0 Å². The van der Waals surface area contributed by atoms with E-state index in [-0.39, 0.29) is 34.3 Å². The summed E-state index contributed by atoms with van der Waals surface area (Å²) in [5.74, 6) is 1.76. The molecule has 30 heavy (non-hydrogen) atoms. The van der Waals surface area contributed by atoms with Crippen LogP contribution in [0, 0.1) is 28.6 Å². The van der Waals surface area contributed by atoms with Crippen LogP contribution in [0.4, 0.5) is 0 Å². The molecule has 5 nitrogen and oxygen atoms in total. The summed E-state index contributed by atoms with van der Waals surface area (Å²) in [7, 11) is 1.53. The maximum absolute atomic E-state index is 13.5. The van der Waals surface area contributed by atoms with Crippen LogP contribution in [0.15, 0.2) is 24.4 Å². The molecule has 0 radical (unpaired) electrons. The van der Waals surface area contributed by atoms with E-state index >= 15 is 0 Å². The molecule has 0 aromatic carbocycles. The number of pyridine rings is 1. The molecule has 4 bridgehead atoms. The molecule has 2 heterocycles. The number of β-lactam (4-membered cyclic amide) rings is 1. The maximum atomic E-state index is 13.5. The Morgan fingerprint density at radius 2 is 1.83 bits per heavy atom. The summed E-state index contributed by atoms with van der Waals surface area (Å²) in [6.45, 7) is 4.26. The van der Waals surface area contributed by atoms with Gasteiger partial charge >= 0.3 is 5.97 Å². The number of methoxy groups -OCH3 is 1. The number of amides is 1. The predicted octanol–water partition coefficient (Wildman–Crippen LogP) is 3.72. The molecule has 1 aliphatic heterocycles. The Labute approximate surface area is 178 Å². The van der Waals surface area contributed by atoms with E-state index in [0.717, 1.165) is 50.6 Å². The molecular weight excluding hydrogens is 376 g/mol. The van der Waals surface area contributed by atoms with E-state index in [1.54, 1.807) is 0 Å². The molecule has 1 amide bonds. The van der Waals surface area contributed by atoms with Gasteiger partial charge in [-0.25, -0.2) is 0 Å². The fourth-order valence-corrected chi connectivity index (χ4v) is 8.49. The van der Waals surface area contributed by atoms with Gasteiger partial charge in [-0.3, -0.25) is 14.6 Å². The fraction of sp³-hybridized carbons (Fsp3) is 0.720. The Morgan fingerprint density at radius 1 is 1.13 bits per heavy atom. The Balaban J connectivity index is 1.36. The van der Waals surface area contributed by atoms with Crippen molar-refractivity contribution in [2.45, 2.75) is 76.3 Å². The number of aromatic nitrogens is 1. The maximum Gasteiger partial charge on any atom is 0.311 e. The highest BCUT2D eigenvalue weighted by Gasteiger charge is 2.72. The second-order valence-electron chi connectivity index (χ2n) is 11.4. The van der Waals surface area contributed by atoms with Crippen LogP contribution in [-0.2, 0) is 19.7 Å². The molecule has 0 spiro atoms. The molecule has 7 rings (SSSR count). The summed E-state index contributed by atoms with van der Waals surface area (Å²) >= 11 is 0. The minimum absolute atomic E-state index is 0.00731. The molecule has 0 N–H and O–H groups in total. The summed E-state index contributed by atoms with van der Waals surface area (Å²) in [6, 6.07) is 6.68. The standard InChI is InChI=1S/C25H32N2O3/c1-23(2)20(25(7-8-25)18-6-4-5-9-26-18)27(21(23)28)19-16-10-15-11-17(19)14-24(12-15,13-16)22(29)30-3/h4-6,9,15-17,19-20H,7-8,10-14H2,1-3H3/t15?,16-,17?,19-,20?,24-/m0/s1. The molecule has 5 heteroatoms. The van der Waals surface area contributed by atoms with Crippen LogP contribution in [0.5, 0.6) is 0 Å². The average Bonchev–Trinajstić information content (AvgIpc) is 3.53. The molecule has 6 aliphatic rings. The first kappa shape index (κ1) is 18.8. The second-order valence-corrected chi connectivity index (χ2v) is 11.4. The van der Waals surface area contributed by atoms with Gasteiger partial charge in [0.2, 0.25) is 5.91 Å². The summed E-state index contributed by atoms with van der Waals surface area (Å²) in [4.78, 5) is 33.2. The second kappa shape index (κ2) is 5.86. The first-order chi connectivity index (χ1) is 14.3. The molecule has 5 aliphatic carbocycles. The van der Waals surface area contributed by atoms with Gasteiger partial charge in [-0.15, -0.1) is 0 Å². The largest absolute Gasteiger partial charge is 0.469 e. The van der Waals surface area contributed by atoms with Crippen LogP contribution in [0.25, 0.3) is 0 Å². The Bertz CT molecular complexity index is 890. The number of likely N-dealkylation sites (tertiary alicyclic amines) is 1. The molecular formula is C25H32N2O3. The monoisotopic (exact) mass is 408 g/mol. The van der Waals surface area contributed by atoms with Gasteiger partial charge in [0.1, 0.15) is 0 Å². The van der Waals surface area contributed by atoms with Gasteiger partial charge in [0.05, 0.1) is 24.0 Å². The lowest BCUT2D eigenvalue weighted by atomic mass is 9.46. The average molecular weight is 409 g/mol. The van der Waals surface area contributed by atoms with Gasteiger partial charge in [-0.2, -0.15) is 0 Å². The first-order valence-corrected chi connectivity index (χ1v) is 11.7. The Morgan fingerprint density at radius 3 is 2.40 bits per heavy atom. The number of nitrogens with zero attached hydrogens (tertiary/aromatic N) is 2. The van der Waals surface area contributed by atoms with Crippen molar-refractivity contribution in [2.24, 2.45) is 28.6 Å². The first-order valence-electron chi connectivity index (χ1n) is 11.7. The van der Waals surface area contributed by atoms with Crippen molar-refractivity contribution in [1.82, 2.24) is 9.88 Å². The highest BCUT2D eigenvalue weighted by molar-refractivity contribution is 5.91. The summed E-state index contributed by atoms with van der Waals surface area (Å²) < 4.78 is 5.24. The molecule has 160 valence electrons. The van der Waals surface area contributed by atoms with E-state index in [2.05, 4.69) is 30.9 Å². The third kappa shape index (κ3) is 2.22. The predicted molar refractivity (Wildman–Crippen MR) is 111 cm³/mol. The molecule has 6 atom stereocenters. The van der Waals surface area contributed by atoms with Crippen LogP contribution in [0.3, 0.4) is 0 Å². The van der Waals surface area contributed by atoms with Crippen LogP contribution in [-0.4, -0.2) is 41.0 Å². The van der Waals surface area contributed by atoms with E-state index in [9.17, 15) is 9.59 Å². The van der Waals surface area contributed by atoms with Crippen LogP contribution in [0.1, 0.15) is 64.5 Å². The van der Waals surface area contributed by atoms with Crippen LogP contribution >= 0.6 is 0 Å². The zero-order valence-corrected chi connectivity index (χ0v) is 18.3. The van der Waals surface area contributed by atoms with E-state index in [4.69, 9.17) is 9.72 Å². The third-order valence-corrected chi connectivity index (χ3v) is 9.40. The molecule has 6 fully saturated rings. The number of ether oxygens (including phenoxy) is 1. The van der Waals surface area contributed by atoms with Crippen molar-refractivity contribution >= 4 is 11.9 Å². The van der Waals surface area contributed by atoms with Gasteiger partial charge in [0, 0.05) is 23.3 Å². The van der Waals surface area contributed by atoms with Crippen molar-refractivity contribution in [3.05, 3.63) is 30.1 Å². The number of hydrogen-bond donors (Lipinski definition) is 0. The Kier molecular flexibility index (Phi) is 3.68. The highest BCUT2D eigenvalue weighted by Crippen LogP contribution is 2.66. The number of carbonyl (C=O) groups excluding carboxylic acids is 2. The smallest absolute Gasteiger partial charge is 0.311 e. The van der Waals surface area contributed by atoms with E-state index < -0.39 is 0 Å². The van der Waals surface area contributed by atoms with Crippen molar-refractivity contribution in [2.75, 3.05) is 7.11 Å². The minimum atomic E-state index is -0.345. The molecule has 3 unspecified atom stereocenters. The van der Waals surface area contributed by atoms with Crippen LogP contribution < -0.4 is 0 Å². The van der Waals surface area contributed by atoms with E-state index in [1.165, 1.54) is 7.11 Å². The topological polar surface area (TPSA) is 59.5 Å². The molecule has 1 aromatic heterocycles. The number of hydrogen-bond acceptors (Lipinski definition) is 4. The number of esters is 1. The lowest BCUT2D eigenvalue weighted by Gasteiger charge is -2.67. The van der Waals surface area contributed by atoms with Crippen molar-refractivity contribution in [1.29, 1.82) is 0 Å². The van der Waals surface area contributed by atoms with E-state index in [1.807, 2.05) is 12.3 Å². The van der Waals surface area contributed by atoms with Crippen LogP contribution in [0.2, 0.25) is 0 Å². The summed E-state index contributed by atoms with van der Waals surface area (Å²) in [6.07, 6.45) is 9.20. The summed E-state index contributed by atoms with van der Waals surface area (Å²) in [5.41, 5.74) is 0.519. The molecule has 5 saturated carbocycles. The Hall–Kier alpha value is -1.91. The number of carbonyl (C=O) groups is 2. The molecule has 1 saturated heterocycles. The quantitative estimate of drug-likeness (QED) is 0.563. The normalized spacial score (nSPS) is 42.0. The highest BCUT2D eigenvalue weighted by atomic mass is 16.5. The zero-order chi connectivity index (χ0) is 20.9. The molecule has 1 aromatic rings. The van der Waals surface area contributed by atoms with Gasteiger partial charge in [0.25, 0.3) is 0 Å². The van der Waals surface area contributed by atoms with Crippen molar-refractivity contribution < 1.29 is 14.3 Å². The van der Waals surface area contributed by atoms with Crippen molar-refractivity contribution in [3.63, 3.8) is 0 Å². The fourth-order valence-electron chi connectivity index (χ4n) is 8.49. The van der Waals surface area contributed by atoms with Gasteiger partial charge < -0.3 is 9.64 Å². The summed E-state index contributed by atoms with van der Waals surface area (Å²) in [5, 5.41) is 0. The lowest BCUT2D eigenvalue weighted by molar-refractivity contribution is -0.206. The zero-order valence-electron chi connectivity index (χ0n) is 18.3. The number of rotatable bonds is 4. The SMILES string of the molecule is COC(=O)[C@]12CC3CC(C1)[C@@H](N1C(=O)C(C)(C)C1C1(c4ccccn4)CC1)[C@@H](C3)C2. The van der Waals surface area contributed by atoms with Gasteiger partial charge in [0.15, 0.2) is 0 Å². The minimum Gasteiger partial charge on any atom is -0.469 e. The van der Waals surface area contributed by atoms with Gasteiger partial charge in [-0.05, 0) is 88.7 Å².